The van der Waals surface area contributed by atoms with E-state index in [0.29, 0.717) is 30.3 Å². The fraction of sp³-hybridized carbons (Fsp3) is 0.778. The fourth-order valence-electron chi connectivity index (χ4n) is 4.66. The zero-order valence-corrected chi connectivity index (χ0v) is 16.8. The van der Waals surface area contributed by atoms with Crippen molar-refractivity contribution in [2.75, 3.05) is 0 Å². The van der Waals surface area contributed by atoms with Crippen molar-refractivity contribution >= 4 is 16.0 Å². The molecule has 8 heteroatoms. The Balaban J connectivity index is 2.06. The predicted octanol–water partition coefficient (Wildman–Crippen LogP) is 2.56. The topological polar surface area (TPSA) is 92.5 Å². The van der Waals surface area contributed by atoms with Crippen LogP contribution in [0.15, 0.2) is 4.90 Å². The van der Waals surface area contributed by atoms with Gasteiger partial charge >= 0.3 is 5.97 Å². The van der Waals surface area contributed by atoms with Gasteiger partial charge in [0.2, 0.25) is 10.0 Å². The van der Waals surface area contributed by atoms with Crippen LogP contribution in [-0.2, 0) is 21.4 Å². The Labute approximate surface area is 155 Å². The van der Waals surface area contributed by atoms with E-state index in [1.165, 1.54) is 4.31 Å². The second-order valence-corrected chi connectivity index (χ2v) is 9.89. The van der Waals surface area contributed by atoms with Gasteiger partial charge in [0.05, 0.1) is 11.4 Å². The van der Waals surface area contributed by atoms with Crippen LogP contribution in [0.25, 0.3) is 0 Å². The molecule has 146 valence electrons. The molecular formula is C18H29N3O4S. The van der Waals surface area contributed by atoms with E-state index in [1.807, 2.05) is 0 Å². The van der Waals surface area contributed by atoms with Gasteiger partial charge in [-0.15, -0.1) is 0 Å². The van der Waals surface area contributed by atoms with E-state index in [2.05, 4.69) is 18.9 Å². The number of rotatable bonds is 5. The Morgan fingerprint density at radius 1 is 1.27 bits per heavy atom. The van der Waals surface area contributed by atoms with Gasteiger partial charge < -0.3 is 5.11 Å². The quantitative estimate of drug-likeness (QED) is 0.843. The van der Waals surface area contributed by atoms with Crippen molar-refractivity contribution in [3.8, 4) is 0 Å². The smallest absolute Gasteiger partial charge is 0.322 e. The molecule has 0 aromatic carbocycles. The normalized spacial score (nSPS) is 27.0. The molecule has 0 amide bonds. The van der Waals surface area contributed by atoms with E-state index in [1.54, 1.807) is 18.5 Å². The molecule has 1 aromatic heterocycles. The Bertz CT molecular complexity index is 800. The predicted molar refractivity (Wildman–Crippen MR) is 97.4 cm³/mol. The molecule has 1 saturated carbocycles. The number of hydrogen-bond donors (Lipinski definition) is 1. The zero-order chi connectivity index (χ0) is 19.2. The van der Waals surface area contributed by atoms with Crippen molar-refractivity contribution in [3.63, 3.8) is 0 Å². The summed E-state index contributed by atoms with van der Waals surface area (Å²) in [6, 6.07) is -1.18. The lowest BCUT2D eigenvalue weighted by Crippen LogP contribution is -2.46. The van der Waals surface area contributed by atoms with Crippen molar-refractivity contribution in [2.24, 2.45) is 11.8 Å². The van der Waals surface area contributed by atoms with E-state index in [-0.39, 0.29) is 16.9 Å². The highest BCUT2D eigenvalue weighted by Crippen LogP contribution is 2.43. The number of aromatic nitrogens is 2. The Kier molecular flexibility index (Phi) is 5.18. The molecule has 2 fully saturated rings. The van der Waals surface area contributed by atoms with E-state index in [4.69, 9.17) is 0 Å². The van der Waals surface area contributed by atoms with Gasteiger partial charge in [0.25, 0.3) is 0 Å². The second-order valence-electron chi connectivity index (χ2n) is 8.11. The van der Waals surface area contributed by atoms with Gasteiger partial charge in [-0.1, -0.05) is 26.7 Å². The number of sulfonamides is 1. The molecule has 7 nitrogen and oxygen atoms in total. The minimum absolute atomic E-state index is 0.144. The van der Waals surface area contributed by atoms with Crippen LogP contribution < -0.4 is 0 Å². The maximum Gasteiger partial charge on any atom is 0.322 e. The van der Waals surface area contributed by atoms with Crippen LogP contribution in [-0.4, -0.2) is 45.7 Å². The lowest BCUT2D eigenvalue weighted by Gasteiger charge is -2.32. The first kappa shape index (κ1) is 19.4. The lowest BCUT2D eigenvalue weighted by atomic mass is 9.85. The first-order valence-electron chi connectivity index (χ1n) is 9.45. The summed E-state index contributed by atoms with van der Waals surface area (Å²) in [5.41, 5.74) is 1.05. The number of hydrogen-bond acceptors (Lipinski definition) is 4. The molecule has 1 saturated heterocycles. The highest BCUT2D eigenvalue weighted by molar-refractivity contribution is 7.89. The number of carboxylic acid groups (broad SMARTS) is 1. The molecular weight excluding hydrogens is 354 g/mol. The second kappa shape index (κ2) is 6.96. The summed E-state index contributed by atoms with van der Waals surface area (Å²) in [5, 5.41) is 14.1. The summed E-state index contributed by atoms with van der Waals surface area (Å²) in [6.07, 6.45) is 4.06. The number of fused-ring (bicyclic) bond motifs is 1. The molecule has 1 aromatic rings. The molecule has 0 spiro atoms. The van der Waals surface area contributed by atoms with Crippen LogP contribution in [0.4, 0.5) is 0 Å². The van der Waals surface area contributed by atoms with Crippen molar-refractivity contribution in [1.29, 1.82) is 0 Å². The average molecular weight is 384 g/mol. The highest BCUT2D eigenvalue weighted by Gasteiger charge is 2.52. The lowest BCUT2D eigenvalue weighted by molar-refractivity contribution is -0.141. The van der Waals surface area contributed by atoms with E-state index < -0.39 is 22.0 Å². The van der Waals surface area contributed by atoms with E-state index >= 15 is 0 Å². The van der Waals surface area contributed by atoms with Crippen LogP contribution in [0.1, 0.15) is 57.3 Å². The minimum Gasteiger partial charge on any atom is -0.480 e. The van der Waals surface area contributed by atoms with Gasteiger partial charge in [-0.3, -0.25) is 9.48 Å². The van der Waals surface area contributed by atoms with Gasteiger partial charge in [-0.25, -0.2) is 8.42 Å². The van der Waals surface area contributed by atoms with Crippen LogP contribution in [0.3, 0.4) is 0 Å². The van der Waals surface area contributed by atoms with E-state index in [0.717, 1.165) is 25.7 Å². The first-order valence-corrected chi connectivity index (χ1v) is 10.9. The van der Waals surface area contributed by atoms with Crippen LogP contribution >= 0.6 is 0 Å². The minimum atomic E-state index is -3.91. The van der Waals surface area contributed by atoms with Crippen molar-refractivity contribution in [3.05, 3.63) is 11.4 Å². The third-order valence-corrected chi connectivity index (χ3v) is 7.89. The molecule has 2 heterocycles. The zero-order valence-electron chi connectivity index (χ0n) is 16.0. The fourth-order valence-corrected chi connectivity index (χ4v) is 6.91. The number of aliphatic carboxylic acids is 1. The molecule has 1 aliphatic carbocycles. The Hall–Kier alpha value is -1.41. The van der Waals surface area contributed by atoms with E-state index in [9.17, 15) is 18.3 Å². The number of carbonyl (C=O) groups is 1. The molecule has 1 N–H and O–H groups in total. The van der Waals surface area contributed by atoms with Crippen molar-refractivity contribution < 1.29 is 18.3 Å². The standard InChI is InChI=1S/C18H29N3O4S/c1-11(2)10-20-13(4)17(12(3)19-20)26(24,25)21-15-8-6-5-7-14(15)9-16(21)18(22)23/h11,14-16H,5-10H2,1-4H3,(H,22,23). The molecule has 1 aliphatic heterocycles. The van der Waals surface area contributed by atoms with Gasteiger partial charge in [-0.2, -0.15) is 9.40 Å². The Morgan fingerprint density at radius 3 is 2.54 bits per heavy atom. The van der Waals surface area contributed by atoms with Crippen molar-refractivity contribution in [1.82, 2.24) is 14.1 Å². The third kappa shape index (κ3) is 3.17. The monoisotopic (exact) mass is 383 g/mol. The van der Waals surface area contributed by atoms with Crippen molar-refractivity contribution in [2.45, 2.75) is 83.3 Å². The van der Waals surface area contributed by atoms with Gasteiger partial charge in [0.1, 0.15) is 10.9 Å². The number of aryl methyl sites for hydroxylation is 1. The van der Waals surface area contributed by atoms with Gasteiger partial charge in [0.15, 0.2) is 0 Å². The summed E-state index contributed by atoms with van der Waals surface area (Å²) in [6.45, 7) is 8.20. The summed E-state index contributed by atoms with van der Waals surface area (Å²) in [4.78, 5) is 12.0. The van der Waals surface area contributed by atoms with Gasteiger partial charge in [0, 0.05) is 12.6 Å². The molecule has 0 bridgehead atoms. The van der Waals surface area contributed by atoms with Crippen LogP contribution in [0.5, 0.6) is 0 Å². The maximum atomic E-state index is 13.6. The third-order valence-electron chi connectivity index (χ3n) is 5.70. The molecule has 0 radical (unpaired) electrons. The number of nitrogens with zero attached hydrogens (tertiary/aromatic N) is 3. The summed E-state index contributed by atoms with van der Waals surface area (Å²) in [7, 11) is -3.91. The summed E-state index contributed by atoms with van der Waals surface area (Å²) < 4.78 is 30.1. The SMILES string of the molecule is Cc1nn(CC(C)C)c(C)c1S(=O)(=O)N1C(C(=O)O)CC2CCCCC21. The highest BCUT2D eigenvalue weighted by atomic mass is 32.2. The average Bonchev–Trinajstić information content (AvgIpc) is 3.05. The molecule has 2 aliphatic rings. The van der Waals surface area contributed by atoms with Crippen LogP contribution in [0, 0.1) is 25.7 Å². The van der Waals surface area contributed by atoms with Crippen LogP contribution in [0.2, 0.25) is 0 Å². The largest absolute Gasteiger partial charge is 0.480 e. The molecule has 3 rings (SSSR count). The first-order chi connectivity index (χ1) is 12.1. The van der Waals surface area contributed by atoms with Gasteiger partial charge in [-0.05, 0) is 44.9 Å². The maximum absolute atomic E-state index is 13.6. The molecule has 3 unspecified atom stereocenters. The summed E-state index contributed by atoms with van der Waals surface area (Å²) >= 11 is 0. The molecule has 3 atom stereocenters. The summed E-state index contributed by atoms with van der Waals surface area (Å²) in [5.74, 6) is -0.566. The molecule has 26 heavy (non-hydrogen) atoms. The number of carboxylic acids is 1. The Morgan fingerprint density at radius 2 is 1.92 bits per heavy atom.